The van der Waals surface area contributed by atoms with Crippen molar-refractivity contribution in [2.75, 3.05) is 26.7 Å². The van der Waals surface area contributed by atoms with E-state index in [0.29, 0.717) is 12.1 Å². The largest absolute Gasteiger partial charge is 0.462 e. The number of nitrogens with one attached hydrogen (secondary N) is 1. The van der Waals surface area contributed by atoms with E-state index in [1.807, 2.05) is 0 Å². The number of nitrogens with zero attached hydrogens (tertiary/aromatic N) is 1. The van der Waals surface area contributed by atoms with Gasteiger partial charge in [0.15, 0.2) is 0 Å². The molecule has 7 heteroatoms. The number of sulfonamides is 1. The molecule has 1 saturated heterocycles. The summed E-state index contributed by atoms with van der Waals surface area (Å²) in [5, 5.41) is 3.15. The van der Waals surface area contributed by atoms with Gasteiger partial charge in [-0.05, 0) is 44.2 Å². The second kappa shape index (κ2) is 6.55. The molecule has 6 nitrogen and oxygen atoms in total. The van der Waals surface area contributed by atoms with Crippen LogP contribution in [0.15, 0.2) is 29.2 Å². The van der Waals surface area contributed by atoms with Crippen molar-refractivity contribution in [3.63, 3.8) is 0 Å². The van der Waals surface area contributed by atoms with E-state index in [0.717, 1.165) is 13.0 Å². The average Bonchev–Trinajstić information content (AvgIpc) is 3.01. The highest BCUT2D eigenvalue weighted by atomic mass is 32.2. The fraction of sp³-hybridized carbons (Fsp3) is 0.500. The van der Waals surface area contributed by atoms with Gasteiger partial charge in [-0.25, -0.2) is 13.2 Å². The molecule has 21 heavy (non-hydrogen) atoms. The quantitative estimate of drug-likeness (QED) is 0.816. The molecule has 0 aromatic heterocycles. The number of hydrogen-bond acceptors (Lipinski definition) is 5. The fourth-order valence-corrected chi connectivity index (χ4v) is 3.67. The Bertz CT molecular complexity index is 592. The molecule has 1 atom stereocenters. The van der Waals surface area contributed by atoms with Crippen molar-refractivity contribution in [1.82, 2.24) is 9.62 Å². The Morgan fingerprint density at radius 3 is 2.57 bits per heavy atom. The molecule has 0 aliphatic carbocycles. The van der Waals surface area contributed by atoms with Gasteiger partial charge in [0.1, 0.15) is 0 Å². The van der Waals surface area contributed by atoms with Gasteiger partial charge in [-0.1, -0.05) is 0 Å². The summed E-state index contributed by atoms with van der Waals surface area (Å²) in [4.78, 5) is 11.7. The second-order valence-corrected chi connectivity index (χ2v) is 6.91. The minimum absolute atomic E-state index is 0.0280. The highest BCUT2D eigenvalue weighted by molar-refractivity contribution is 7.89. The molecular weight excluding hydrogens is 292 g/mol. The first-order valence-electron chi connectivity index (χ1n) is 6.92. The van der Waals surface area contributed by atoms with Gasteiger partial charge >= 0.3 is 5.97 Å². The Labute approximate surface area is 125 Å². The van der Waals surface area contributed by atoms with Crippen LogP contribution < -0.4 is 5.32 Å². The van der Waals surface area contributed by atoms with Gasteiger partial charge < -0.3 is 10.1 Å². The average molecular weight is 312 g/mol. The Morgan fingerprint density at radius 1 is 1.38 bits per heavy atom. The van der Waals surface area contributed by atoms with Crippen LogP contribution in [0.1, 0.15) is 23.7 Å². The zero-order valence-corrected chi connectivity index (χ0v) is 13.0. The Kier molecular flexibility index (Phi) is 4.97. The van der Waals surface area contributed by atoms with Gasteiger partial charge in [0.2, 0.25) is 10.0 Å². The van der Waals surface area contributed by atoms with Crippen LogP contribution >= 0.6 is 0 Å². The minimum atomic E-state index is -3.54. The molecule has 2 rings (SSSR count). The van der Waals surface area contributed by atoms with E-state index in [1.165, 1.54) is 28.6 Å². The Morgan fingerprint density at radius 2 is 2.05 bits per heavy atom. The molecule has 1 aromatic rings. The predicted octanol–water partition coefficient (Wildman–Crippen LogP) is 0.846. The lowest BCUT2D eigenvalue weighted by molar-refractivity contribution is 0.0526. The van der Waals surface area contributed by atoms with E-state index >= 15 is 0 Å². The maximum Gasteiger partial charge on any atom is 0.338 e. The predicted molar refractivity (Wildman–Crippen MR) is 78.6 cm³/mol. The van der Waals surface area contributed by atoms with Gasteiger partial charge in [0.25, 0.3) is 0 Å². The lowest BCUT2D eigenvalue weighted by Crippen LogP contribution is -2.38. The molecule has 0 bridgehead atoms. The Hall–Kier alpha value is -1.44. The van der Waals surface area contributed by atoms with Crippen molar-refractivity contribution in [3.8, 4) is 0 Å². The molecule has 0 radical (unpaired) electrons. The molecule has 1 aliphatic heterocycles. The van der Waals surface area contributed by atoms with Crippen LogP contribution in [0.2, 0.25) is 0 Å². The number of ether oxygens (including phenoxy) is 1. The lowest BCUT2D eigenvalue weighted by Gasteiger charge is -2.23. The molecule has 1 heterocycles. The van der Waals surface area contributed by atoms with Crippen LogP contribution in [0.5, 0.6) is 0 Å². The summed E-state index contributed by atoms with van der Waals surface area (Å²) in [6, 6.07) is 5.82. The molecule has 0 spiro atoms. The van der Waals surface area contributed by atoms with Crippen molar-refractivity contribution >= 4 is 16.0 Å². The van der Waals surface area contributed by atoms with E-state index < -0.39 is 16.0 Å². The van der Waals surface area contributed by atoms with E-state index in [2.05, 4.69) is 5.32 Å². The summed E-state index contributed by atoms with van der Waals surface area (Å²) in [6.07, 6.45) is 0.802. The maximum atomic E-state index is 12.5. The molecule has 0 saturated carbocycles. The molecule has 0 amide bonds. The third kappa shape index (κ3) is 3.42. The summed E-state index contributed by atoms with van der Waals surface area (Å²) in [5.41, 5.74) is 0.348. The number of carbonyl (C=O) groups excluding carboxylic acids is 1. The molecule has 1 fully saturated rings. The van der Waals surface area contributed by atoms with Crippen LogP contribution in [0.3, 0.4) is 0 Å². The normalized spacial score (nSPS) is 18.9. The van der Waals surface area contributed by atoms with Crippen molar-refractivity contribution < 1.29 is 17.9 Å². The maximum absolute atomic E-state index is 12.5. The second-order valence-electron chi connectivity index (χ2n) is 4.91. The highest BCUT2D eigenvalue weighted by Gasteiger charge is 2.29. The van der Waals surface area contributed by atoms with Crippen molar-refractivity contribution in [1.29, 1.82) is 0 Å². The van der Waals surface area contributed by atoms with E-state index in [9.17, 15) is 13.2 Å². The van der Waals surface area contributed by atoms with E-state index in [-0.39, 0.29) is 17.5 Å². The summed E-state index contributed by atoms with van der Waals surface area (Å²) < 4.78 is 31.3. The van der Waals surface area contributed by atoms with Crippen molar-refractivity contribution in [2.24, 2.45) is 0 Å². The summed E-state index contributed by atoms with van der Waals surface area (Å²) in [5.74, 6) is -0.449. The number of rotatable bonds is 5. The minimum Gasteiger partial charge on any atom is -0.462 e. The first-order chi connectivity index (χ1) is 9.96. The number of hydrogen-bond donors (Lipinski definition) is 1. The zero-order valence-electron chi connectivity index (χ0n) is 12.2. The molecule has 116 valence electrons. The fourth-order valence-electron chi connectivity index (χ4n) is 2.29. The van der Waals surface area contributed by atoms with Gasteiger partial charge in [0, 0.05) is 19.6 Å². The van der Waals surface area contributed by atoms with Crippen LogP contribution in [0, 0.1) is 0 Å². The number of benzene rings is 1. The first kappa shape index (κ1) is 15.9. The van der Waals surface area contributed by atoms with Crippen molar-refractivity contribution in [3.05, 3.63) is 29.8 Å². The molecule has 1 aromatic carbocycles. The Balaban J connectivity index is 2.18. The summed E-state index contributed by atoms with van der Waals surface area (Å²) in [7, 11) is -1.95. The topological polar surface area (TPSA) is 75.7 Å². The van der Waals surface area contributed by atoms with Crippen LogP contribution in [0.25, 0.3) is 0 Å². The first-order valence-corrected chi connectivity index (χ1v) is 8.36. The van der Waals surface area contributed by atoms with Gasteiger partial charge in [-0.2, -0.15) is 4.31 Å². The van der Waals surface area contributed by atoms with E-state index in [4.69, 9.17) is 4.74 Å². The molecule has 1 aliphatic rings. The molecule has 1 N–H and O–H groups in total. The van der Waals surface area contributed by atoms with Crippen LogP contribution in [-0.4, -0.2) is 51.5 Å². The third-order valence-electron chi connectivity index (χ3n) is 3.59. The monoisotopic (exact) mass is 312 g/mol. The lowest BCUT2D eigenvalue weighted by atomic mass is 10.2. The SMILES string of the molecule is CCOC(=O)c1ccc(S(=O)(=O)N(C)C2CCNC2)cc1. The van der Waals surface area contributed by atoms with Crippen LogP contribution in [-0.2, 0) is 14.8 Å². The number of likely N-dealkylation sites (N-methyl/N-ethyl adjacent to an activating group) is 1. The van der Waals surface area contributed by atoms with Gasteiger partial charge in [-0.15, -0.1) is 0 Å². The molecule has 1 unspecified atom stereocenters. The summed E-state index contributed by atoms with van der Waals surface area (Å²) in [6.45, 7) is 3.50. The molecular formula is C14H20N2O4S. The smallest absolute Gasteiger partial charge is 0.338 e. The zero-order chi connectivity index (χ0) is 15.5. The van der Waals surface area contributed by atoms with Gasteiger partial charge in [0.05, 0.1) is 17.1 Å². The van der Waals surface area contributed by atoms with Gasteiger partial charge in [-0.3, -0.25) is 0 Å². The number of carbonyl (C=O) groups is 1. The highest BCUT2D eigenvalue weighted by Crippen LogP contribution is 2.20. The standard InChI is InChI=1S/C14H20N2O4S/c1-3-20-14(17)11-4-6-13(7-5-11)21(18,19)16(2)12-8-9-15-10-12/h4-7,12,15H,3,8-10H2,1-2H3. The number of esters is 1. The third-order valence-corrected chi connectivity index (χ3v) is 5.52. The summed E-state index contributed by atoms with van der Waals surface area (Å²) >= 11 is 0. The van der Waals surface area contributed by atoms with Crippen molar-refractivity contribution in [2.45, 2.75) is 24.3 Å². The van der Waals surface area contributed by atoms with Crippen LogP contribution in [0.4, 0.5) is 0 Å². The van der Waals surface area contributed by atoms with E-state index in [1.54, 1.807) is 14.0 Å².